The average Bonchev–Trinajstić information content (AvgIpc) is 2.80. The number of hydrogen-bond acceptors (Lipinski definition) is 3. The summed E-state index contributed by atoms with van der Waals surface area (Å²) >= 11 is 0. The van der Waals surface area contributed by atoms with Crippen LogP contribution < -0.4 is 10.9 Å². The highest BCUT2D eigenvalue weighted by atomic mass is 16.1. The van der Waals surface area contributed by atoms with Crippen molar-refractivity contribution >= 4 is 10.9 Å². The summed E-state index contributed by atoms with van der Waals surface area (Å²) in [5.41, 5.74) is 3.86. The van der Waals surface area contributed by atoms with Crippen molar-refractivity contribution in [1.29, 1.82) is 0 Å². The minimum absolute atomic E-state index is 0.0379. The largest absolute Gasteiger partial charge is 0.322 e. The third-order valence-electron chi connectivity index (χ3n) is 3.80. The van der Waals surface area contributed by atoms with Crippen LogP contribution in [0.5, 0.6) is 0 Å². The van der Waals surface area contributed by atoms with Gasteiger partial charge in [0.05, 0.1) is 6.20 Å². The molecule has 3 rings (SSSR count). The number of pyridine rings is 1. The summed E-state index contributed by atoms with van der Waals surface area (Å²) in [5, 5.41) is 8.56. The van der Waals surface area contributed by atoms with E-state index in [0.717, 1.165) is 27.7 Å². The third-order valence-corrected chi connectivity index (χ3v) is 3.80. The zero-order valence-electron chi connectivity index (χ0n) is 12.2. The van der Waals surface area contributed by atoms with Crippen LogP contribution in [0.4, 0.5) is 0 Å². The third kappa shape index (κ3) is 2.73. The molecule has 0 saturated heterocycles. The molecule has 5 nitrogen and oxygen atoms in total. The first-order chi connectivity index (χ1) is 10.1. The van der Waals surface area contributed by atoms with Gasteiger partial charge in [0.2, 0.25) is 0 Å². The summed E-state index contributed by atoms with van der Waals surface area (Å²) < 4.78 is 1.85. The van der Waals surface area contributed by atoms with Gasteiger partial charge < -0.3 is 10.3 Å². The molecule has 3 aromatic rings. The predicted octanol–water partition coefficient (Wildman–Crippen LogP) is 1.86. The van der Waals surface area contributed by atoms with Crippen molar-refractivity contribution < 1.29 is 0 Å². The van der Waals surface area contributed by atoms with Gasteiger partial charge in [-0.2, -0.15) is 5.10 Å². The molecule has 0 saturated carbocycles. The molecule has 0 fully saturated rings. The molecule has 2 heterocycles. The van der Waals surface area contributed by atoms with E-state index in [1.165, 1.54) is 0 Å². The highest BCUT2D eigenvalue weighted by Crippen LogP contribution is 2.10. The van der Waals surface area contributed by atoms with E-state index >= 15 is 0 Å². The zero-order chi connectivity index (χ0) is 14.8. The fraction of sp³-hybridized carbons (Fsp3) is 0.250. The van der Waals surface area contributed by atoms with E-state index < -0.39 is 0 Å². The quantitative estimate of drug-likeness (QED) is 0.768. The van der Waals surface area contributed by atoms with Crippen LogP contribution in [-0.2, 0) is 20.1 Å². The van der Waals surface area contributed by atoms with Crippen molar-refractivity contribution in [3.05, 3.63) is 63.7 Å². The van der Waals surface area contributed by atoms with E-state index in [2.05, 4.69) is 15.4 Å². The summed E-state index contributed by atoms with van der Waals surface area (Å²) in [6.07, 6.45) is 1.85. The second-order valence-electron chi connectivity index (χ2n) is 5.19. The van der Waals surface area contributed by atoms with Gasteiger partial charge in [0.15, 0.2) is 0 Å². The molecule has 0 aliphatic heterocycles. The van der Waals surface area contributed by atoms with Crippen LogP contribution in [0.2, 0.25) is 0 Å². The lowest BCUT2D eigenvalue weighted by Crippen LogP contribution is -2.20. The van der Waals surface area contributed by atoms with Crippen molar-refractivity contribution in [1.82, 2.24) is 20.1 Å². The zero-order valence-corrected chi connectivity index (χ0v) is 12.2. The Balaban J connectivity index is 1.75. The summed E-state index contributed by atoms with van der Waals surface area (Å²) in [6, 6.07) is 9.74. The summed E-state index contributed by atoms with van der Waals surface area (Å²) in [7, 11) is 1.92. The highest BCUT2D eigenvalue weighted by Gasteiger charge is 2.05. The van der Waals surface area contributed by atoms with E-state index in [1.54, 1.807) is 0 Å². The minimum Gasteiger partial charge on any atom is -0.322 e. The van der Waals surface area contributed by atoms with Crippen LogP contribution in [0.25, 0.3) is 10.9 Å². The monoisotopic (exact) mass is 282 g/mol. The van der Waals surface area contributed by atoms with Gasteiger partial charge in [-0.25, -0.2) is 0 Å². The van der Waals surface area contributed by atoms with Gasteiger partial charge in [-0.3, -0.25) is 9.48 Å². The minimum atomic E-state index is -0.0379. The maximum absolute atomic E-state index is 12.0. The average molecular weight is 282 g/mol. The maximum Gasteiger partial charge on any atom is 0.252 e. The smallest absolute Gasteiger partial charge is 0.252 e. The van der Waals surface area contributed by atoms with Crippen molar-refractivity contribution in [3.8, 4) is 0 Å². The van der Waals surface area contributed by atoms with Crippen LogP contribution in [0, 0.1) is 6.92 Å². The molecule has 0 amide bonds. The second kappa shape index (κ2) is 5.54. The molecule has 0 aliphatic rings. The van der Waals surface area contributed by atoms with Gasteiger partial charge in [-0.05, 0) is 24.4 Å². The van der Waals surface area contributed by atoms with Crippen molar-refractivity contribution in [3.63, 3.8) is 0 Å². The van der Waals surface area contributed by atoms with Crippen molar-refractivity contribution in [2.24, 2.45) is 7.05 Å². The number of para-hydroxylation sites is 1. The van der Waals surface area contributed by atoms with E-state index in [-0.39, 0.29) is 5.56 Å². The Labute approximate surface area is 122 Å². The lowest BCUT2D eigenvalue weighted by molar-refractivity contribution is 0.680. The molecular formula is C16H18N4O. The first-order valence-corrected chi connectivity index (χ1v) is 6.94. The van der Waals surface area contributed by atoms with Crippen LogP contribution in [0.3, 0.4) is 0 Å². The standard InChI is InChI=1S/C16H18N4O/c1-11-14(10-18-20(11)2)9-17-8-13-7-12-5-3-4-6-15(12)19-16(13)21/h3-7,10,17H,8-9H2,1-2H3,(H,19,21). The Bertz CT molecular complexity index is 832. The number of fused-ring (bicyclic) bond motifs is 1. The Morgan fingerprint density at radius 2 is 2.00 bits per heavy atom. The normalized spacial score (nSPS) is 11.1. The Morgan fingerprint density at radius 1 is 1.24 bits per heavy atom. The Hall–Kier alpha value is -2.40. The van der Waals surface area contributed by atoms with E-state index in [9.17, 15) is 4.79 Å². The van der Waals surface area contributed by atoms with Crippen molar-refractivity contribution in [2.75, 3.05) is 0 Å². The number of nitrogens with zero attached hydrogens (tertiary/aromatic N) is 2. The van der Waals surface area contributed by atoms with Gasteiger partial charge in [0.25, 0.3) is 5.56 Å². The number of aromatic nitrogens is 3. The van der Waals surface area contributed by atoms with Crippen LogP contribution in [0.1, 0.15) is 16.8 Å². The lowest BCUT2D eigenvalue weighted by Gasteiger charge is -2.06. The molecule has 2 aromatic heterocycles. The number of rotatable bonds is 4. The molecule has 21 heavy (non-hydrogen) atoms. The van der Waals surface area contributed by atoms with E-state index in [0.29, 0.717) is 13.1 Å². The van der Waals surface area contributed by atoms with Crippen LogP contribution in [0.15, 0.2) is 41.3 Å². The Kier molecular flexibility index (Phi) is 3.58. The van der Waals surface area contributed by atoms with Crippen molar-refractivity contribution in [2.45, 2.75) is 20.0 Å². The predicted molar refractivity (Wildman–Crippen MR) is 83.1 cm³/mol. The number of aryl methyl sites for hydroxylation is 1. The molecule has 5 heteroatoms. The molecule has 0 unspecified atom stereocenters. The molecule has 1 aromatic carbocycles. The Morgan fingerprint density at radius 3 is 2.76 bits per heavy atom. The number of benzene rings is 1. The van der Waals surface area contributed by atoms with Gasteiger partial charge in [0.1, 0.15) is 0 Å². The summed E-state index contributed by atoms with van der Waals surface area (Å²) in [6.45, 7) is 3.27. The van der Waals surface area contributed by atoms with Gasteiger partial charge in [-0.1, -0.05) is 18.2 Å². The first-order valence-electron chi connectivity index (χ1n) is 6.94. The molecule has 0 spiro atoms. The maximum atomic E-state index is 12.0. The van der Waals surface area contributed by atoms with Gasteiger partial charge >= 0.3 is 0 Å². The van der Waals surface area contributed by atoms with Crippen LogP contribution >= 0.6 is 0 Å². The summed E-state index contributed by atoms with van der Waals surface area (Å²) in [5.74, 6) is 0. The fourth-order valence-corrected chi connectivity index (χ4v) is 2.37. The second-order valence-corrected chi connectivity index (χ2v) is 5.19. The summed E-state index contributed by atoms with van der Waals surface area (Å²) in [4.78, 5) is 14.9. The molecule has 0 atom stereocenters. The highest BCUT2D eigenvalue weighted by molar-refractivity contribution is 5.78. The number of H-pyrrole nitrogens is 1. The molecule has 0 bridgehead atoms. The number of hydrogen-bond donors (Lipinski definition) is 2. The van der Waals surface area contributed by atoms with Gasteiger partial charge in [0, 0.05) is 42.5 Å². The molecule has 0 aliphatic carbocycles. The number of nitrogens with one attached hydrogen (secondary N) is 2. The molecular weight excluding hydrogens is 264 g/mol. The van der Waals surface area contributed by atoms with Crippen LogP contribution in [-0.4, -0.2) is 14.8 Å². The van der Waals surface area contributed by atoms with E-state index in [1.807, 2.05) is 55.2 Å². The first kappa shape index (κ1) is 13.6. The molecule has 2 N–H and O–H groups in total. The van der Waals surface area contributed by atoms with E-state index in [4.69, 9.17) is 0 Å². The lowest BCUT2D eigenvalue weighted by atomic mass is 10.1. The van der Waals surface area contributed by atoms with Gasteiger partial charge in [-0.15, -0.1) is 0 Å². The molecule has 108 valence electrons. The SMILES string of the molecule is Cc1c(CNCc2cc3ccccc3[nH]c2=O)cnn1C. The fourth-order valence-electron chi connectivity index (χ4n) is 2.37. The number of aromatic amines is 1. The topological polar surface area (TPSA) is 62.7 Å². The molecule has 0 radical (unpaired) electrons.